The lowest BCUT2D eigenvalue weighted by Crippen LogP contribution is -2.60. The van der Waals surface area contributed by atoms with Crippen LogP contribution in [-0.2, 0) is 14.3 Å². The average molecular weight is 299 g/mol. The summed E-state index contributed by atoms with van der Waals surface area (Å²) < 4.78 is 5.25. The molecule has 1 aliphatic carbocycles. The number of carbonyl (C=O) groups excluding carboxylic acids is 2. The van der Waals surface area contributed by atoms with E-state index in [0.29, 0.717) is 13.1 Å². The van der Waals surface area contributed by atoms with Gasteiger partial charge in [-0.3, -0.25) is 9.59 Å². The first-order chi connectivity index (χ1) is 10.0. The van der Waals surface area contributed by atoms with E-state index in [4.69, 9.17) is 9.84 Å². The number of piperazine rings is 1. The quantitative estimate of drug-likeness (QED) is 0.651. The number of methoxy groups -OCH3 is 1. The Morgan fingerprint density at radius 1 is 1.48 bits per heavy atom. The number of carbonyl (C=O) groups is 3. The summed E-state index contributed by atoms with van der Waals surface area (Å²) in [6, 6.07) is -1.31. The van der Waals surface area contributed by atoms with Crippen LogP contribution in [0.2, 0.25) is 0 Å². The number of ether oxygens (including phenoxy) is 1. The van der Waals surface area contributed by atoms with Crippen LogP contribution in [0.5, 0.6) is 0 Å². The maximum absolute atomic E-state index is 12.3. The lowest BCUT2D eigenvalue weighted by Gasteiger charge is -2.35. The van der Waals surface area contributed by atoms with Crippen LogP contribution in [0, 0.1) is 0 Å². The third-order valence-electron chi connectivity index (χ3n) is 4.01. The van der Waals surface area contributed by atoms with Crippen molar-refractivity contribution in [3.8, 4) is 0 Å². The van der Waals surface area contributed by atoms with Gasteiger partial charge in [-0.05, 0) is 19.3 Å². The summed E-state index contributed by atoms with van der Waals surface area (Å²) in [5.41, 5.74) is 0. The molecular weight excluding hydrogens is 278 g/mol. The molecule has 3 amide bonds. The third-order valence-corrected chi connectivity index (χ3v) is 4.01. The van der Waals surface area contributed by atoms with Crippen molar-refractivity contribution in [3.05, 3.63) is 0 Å². The lowest BCUT2D eigenvalue weighted by atomic mass is 10.1. The number of nitrogens with one attached hydrogen (secondary N) is 2. The fourth-order valence-electron chi connectivity index (χ4n) is 2.87. The lowest BCUT2D eigenvalue weighted by molar-refractivity contribution is -0.142. The van der Waals surface area contributed by atoms with E-state index in [1.807, 2.05) is 0 Å². The van der Waals surface area contributed by atoms with E-state index in [0.717, 1.165) is 19.3 Å². The Labute approximate surface area is 122 Å². The van der Waals surface area contributed by atoms with Crippen molar-refractivity contribution in [2.75, 3.05) is 20.2 Å². The Morgan fingerprint density at radius 2 is 2.24 bits per heavy atom. The number of carboxylic acids is 1. The van der Waals surface area contributed by atoms with E-state index in [1.54, 1.807) is 7.11 Å². The first-order valence-electron chi connectivity index (χ1n) is 7.10. The van der Waals surface area contributed by atoms with Crippen molar-refractivity contribution in [3.63, 3.8) is 0 Å². The number of urea groups is 1. The van der Waals surface area contributed by atoms with Gasteiger partial charge in [-0.15, -0.1) is 0 Å². The van der Waals surface area contributed by atoms with Gasteiger partial charge in [0.05, 0.1) is 12.5 Å². The Kier molecular flexibility index (Phi) is 5.00. The predicted molar refractivity (Wildman–Crippen MR) is 72.7 cm³/mol. The smallest absolute Gasteiger partial charge is 0.318 e. The van der Waals surface area contributed by atoms with E-state index >= 15 is 0 Å². The van der Waals surface area contributed by atoms with Gasteiger partial charge in [-0.25, -0.2) is 4.79 Å². The molecule has 21 heavy (non-hydrogen) atoms. The first-order valence-corrected chi connectivity index (χ1v) is 7.10. The van der Waals surface area contributed by atoms with Gasteiger partial charge in [0.2, 0.25) is 5.91 Å². The summed E-state index contributed by atoms with van der Waals surface area (Å²) in [4.78, 5) is 36.2. The Bertz CT molecular complexity index is 428. The largest absolute Gasteiger partial charge is 0.481 e. The van der Waals surface area contributed by atoms with Crippen molar-refractivity contribution in [2.45, 2.75) is 43.9 Å². The van der Waals surface area contributed by atoms with Crippen molar-refractivity contribution < 1.29 is 24.2 Å². The van der Waals surface area contributed by atoms with Crippen LogP contribution in [0.25, 0.3) is 0 Å². The molecule has 2 aliphatic rings. The van der Waals surface area contributed by atoms with Gasteiger partial charge in [0, 0.05) is 26.2 Å². The van der Waals surface area contributed by atoms with Crippen LogP contribution in [0.15, 0.2) is 0 Å². The maximum Gasteiger partial charge on any atom is 0.318 e. The molecular formula is C13H21N3O5. The number of hydrogen-bond acceptors (Lipinski definition) is 4. The van der Waals surface area contributed by atoms with Crippen LogP contribution in [-0.4, -0.2) is 66.3 Å². The summed E-state index contributed by atoms with van der Waals surface area (Å²) in [5, 5.41) is 14.3. The number of carboxylic acid groups (broad SMARTS) is 1. The molecule has 3 N–H and O–H groups in total. The molecule has 0 aromatic rings. The first kappa shape index (κ1) is 15.6. The van der Waals surface area contributed by atoms with Gasteiger partial charge < -0.3 is 25.4 Å². The van der Waals surface area contributed by atoms with Crippen molar-refractivity contribution in [1.29, 1.82) is 0 Å². The molecule has 3 atom stereocenters. The molecule has 1 aliphatic heterocycles. The second-order valence-corrected chi connectivity index (χ2v) is 5.42. The fourth-order valence-corrected chi connectivity index (χ4v) is 2.87. The minimum absolute atomic E-state index is 0.0120. The minimum atomic E-state index is -1.10. The summed E-state index contributed by atoms with van der Waals surface area (Å²) in [6.45, 7) is 0.656. The summed E-state index contributed by atoms with van der Waals surface area (Å²) in [6.07, 6.45) is 2.22. The Hall–Kier alpha value is -1.83. The van der Waals surface area contributed by atoms with E-state index in [9.17, 15) is 14.4 Å². The van der Waals surface area contributed by atoms with Gasteiger partial charge in [0.1, 0.15) is 6.04 Å². The molecule has 0 aromatic heterocycles. The zero-order valence-electron chi connectivity index (χ0n) is 12.0. The van der Waals surface area contributed by atoms with E-state index < -0.39 is 17.9 Å². The van der Waals surface area contributed by atoms with E-state index in [1.165, 1.54) is 4.90 Å². The fraction of sp³-hybridized carbons (Fsp3) is 0.769. The molecule has 1 saturated heterocycles. The average Bonchev–Trinajstić information content (AvgIpc) is 2.88. The van der Waals surface area contributed by atoms with Crippen LogP contribution in [0.3, 0.4) is 0 Å². The van der Waals surface area contributed by atoms with Crippen LogP contribution in [0.4, 0.5) is 4.79 Å². The van der Waals surface area contributed by atoms with Crippen molar-refractivity contribution >= 4 is 17.9 Å². The van der Waals surface area contributed by atoms with Gasteiger partial charge in [0.25, 0.3) is 0 Å². The molecule has 8 nitrogen and oxygen atoms in total. The summed E-state index contributed by atoms with van der Waals surface area (Å²) in [7, 11) is 1.65. The second-order valence-electron chi connectivity index (χ2n) is 5.42. The standard InChI is InChI=1S/C13H21N3O5/c1-21-9-3-2-8(6-9)15-13(20)16-5-4-14-12(19)10(16)7-11(17)18/h8-10H,2-7H2,1H3,(H,14,19)(H,15,20)(H,17,18). The second kappa shape index (κ2) is 6.75. The summed E-state index contributed by atoms with van der Waals surface area (Å²) >= 11 is 0. The number of aliphatic carboxylic acids is 1. The highest BCUT2D eigenvalue weighted by molar-refractivity contribution is 5.91. The number of amides is 3. The molecule has 0 bridgehead atoms. The third kappa shape index (κ3) is 3.84. The molecule has 0 spiro atoms. The predicted octanol–water partition coefficient (Wildman–Crippen LogP) is -0.461. The molecule has 3 unspecified atom stereocenters. The topological polar surface area (TPSA) is 108 Å². The highest BCUT2D eigenvalue weighted by Crippen LogP contribution is 2.22. The highest BCUT2D eigenvalue weighted by Gasteiger charge is 2.36. The monoisotopic (exact) mass is 299 g/mol. The van der Waals surface area contributed by atoms with Crippen molar-refractivity contribution in [1.82, 2.24) is 15.5 Å². The molecule has 8 heteroatoms. The van der Waals surface area contributed by atoms with Gasteiger partial charge >= 0.3 is 12.0 Å². The number of hydrogen-bond donors (Lipinski definition) is 3. The maximum atomic E-state index is 12.3. The van der Waals surface area contributed by atoms with Crippen LogP contribution >= 0.6 is 0 Å². The van der Waals surface area contributed by atoms with Crippen molar-refractivity contribution in [2.24, 2.45) is 0 Å². The number of rotatable bonds is 4. The van der Waals surface area contributed by atoms with Crippen LogP contribution < -0.4 is 10.6 Å². The normalized spacial score (nSPS) is 29.1. The molecule has 118 valence electrons. The number of nitrogens with zero attached hydrogens (tertiary/aromatic N) is 1. The molecule has 2 fully saturated rings. The Morgan fingerprint density at radius 3 is 2.86 bits per heavy atom. The van der Waals surface area contributed by atoms with Crippen LogP contribution in [0.1, 0.15) is 25.7 Å². The van der Waals surface area contributed by atoms with E-state index in [2.05, 4.69) is 10.6 Å². The molecule has 1 saturated carbocycles. The SMILES string of the molecule is COC1CCC(NC(=O)N2CCNC(=O)C2CC(=O)O)C1. The van der Waals surface area contributed by atoms with Gasteiger partial charge in [0.15, 0.2) is 0 Å². The van der Waals surface area contributed by atoms with E-state index in [-0.39, 0.29) is 24.6 Å². The van der Waals surface area contributed by atoms with Gasteiger partial charge in [-0.1, -0.05) is 0 Å². The summed E-state index contributed by atoms with van der Waals surface area (Å²) in [5.74, 6) is -1.52. The minimum Gasteiger partial charge on any atom is -0.481 e. The molecule has 2 rings (SSSR count). The zero-order valence-corrected chi connectivity index (χ0v) is 12.0. The zero-order chi connectivity index (χ0) is 15.4. The Balaban J connectivity index is 1.95. The highest BCUT2D eigenvalue weighted by atomic mass is 16.5. The molecule has 0 radical (unpaired) electrons. The van der Waals surface area contributed by atoms with Gasteiger partial charge in [-0.2, -0.15) is 0 Å². The molecule has 1 heterocycles. The molecule has 0 aromatic carbocycles.